The van der Waals surface area contributed by atoms with Crippen molar-refractivity contribution in [3.05, 3.63) is 27.5 Å². The Morgan fingerprint density at radius 2 is 2.08 bits per heavy atom. The van der Waals surface area contributed by atoms with E-state index in [-0.39, 0.29) is 18.4 Å². The van der Waals surface area contributed by atoms with E-state index in [0.29, 0.717) is 16.5 Å². The van der Waals surface area contributed by atoms with Crippen LogP contribution in [0.4, 0.5) is 0 Å². The lowest BCUT2D eigenvalue weighted by Gasteiger charge is -2.22. The number of carbonyl (C=O) groups excluding carboxylic acids is 1. The zero-order valence-corrected chi connectivity index (χ0v) is 15.9. The van der Waals surface area contributed by atoms with E-state index < -0.39 is 11.9 Å². The Morgan fingerprint density at radius 1 is 1.28 bits per heavy atom. The Labute approximate surface area is 159 Å². The molecule has 0 radical (unpaired) electrons. The Morgan fingerprint density at radius 3 is 2.80 bits per heavy atom. The van der Waals surface area contributed by atoms with Gasteiger partial charge in [0.1, 0.15) is 5.01 Å². The quantitative estimate of drug-likeness (QED) is 0.739. The highest BCUT2D eigenvalue weighted by atomic mass is 35.5. The number of thiophene rings is 1. The van der Waals surface area contributed by atoms with Crippen molar-refractivity contribution in [2.75, 3.05) is 0 Å². The molecule has 1 fully saturated rings. The number of aliphatic carboxylic acids is 1. The Bertz CT molecular complexity index is 759. The molecule has 1 aliphatic carbocycles. The molecule has 0 saturated heterocycles. The van der Waals surface area contributed by atoms with Crippen LogP contribution in [0.3, 0.4) is 0 Å². The first-order valence-electron chi connectivity index (χ1n) is 8.25. The first-order chi connectivity index (χ1) is 12.0. The fourth-order valence-electron chi connectivity index (χ4n) is 3.13. The van der Waals surface area contributed by atoms with Gasteiger partial charge in [0, 0.05) is 11.4 Å². The van der Waals surface area contributed by atoms with Gasteiger partial charge in [-0.2, -0.15) is 0 Å². The Hall–Kier alpha value is -1.44. The van der Waals surface area contributed by atoms with Gasteiger partial charge in [0.05, 0.1) is 27.2 Å². The molecule has 1 amide bonds. The van der Waals surface area contributed by atoms with Crippen LogP contribution < -0.4 is 5.32 Å². The predicted molar refractivity (Wildman–Crippen MR) is 100 cm³/mol. The molecule has 8 heteroatoms. The number of carbonyl (C=O) groups is 2. The molecule has 1 aliphatic rings. The number of halogens is 1. The first kappa shape index (κ1) is 18.4. The predicted octanol–water partition coefficient (Wildman–Crippen LogP) is 4.22. The average Bonchev–Trinajstić information content (AvgIpc) is 3.12. The minimum atomic E-state index is -0.822. The first-order valence-corrected chi connectivity index (χ1v) is 10.3. The summed E-state index contributed by atoms with van der Waals surface area (Å²) >= 11 is 8.88. The van der Waals surface area contributed by atoms with Crippen molar-refractivity contribution in [2.45, 2.75) is 44.6 Å². The summed E-state index contributed by atoms with van der Waals surface area (Å²) in [6.45, 7) is 0. The van der Waals surface area contributed by atoms with Gasteiger partial charge in [-0.3, -0.25) is 9.59 Å². The summed E-state index contributed by atoms with van der Waals surface area (Å²) in [7, 11) is 0. The van der Waals surface area contributed by atoms with E-state index >= 15 is 0 Å². The number of hydrogen-bond acceptors (Lipinski definition) is 5. The number of nitrogens with one attached hydrogen (secondary N) is 1. The lowest BCUT2D eigenvalue weighted by molar-refractivity contribution is -0.143. The molecule has 2 heterocycles. The smallest absolute Gasteiger partial charge is 0.308 e. The normalized spacial score (nSPS) is 20.8. The van der Waals surface area contributed by atoms with Gasteiger partial charge in [-0.15, -0.1) is 22.7 Å². The van der Waals surface area contributed by atoms with E-state index in [2.05, 4.69) is 10.3 Å². The topological polar surface area (TPSA) is 79.3 Å². The summed E-state index contributed by atoms with van der Waals surface area (Å²) in [6, 6.07) is 3.45. The maximum Gasteiger partial charge on any atom is 0.308 e. The number of thiazole rings is 1. The largest absolute Gasteiger partial charge is 0.481 e. The second-order valence-electron chi connectivity index (χ2n) is 6.18. The molecule has 134 valence electrons. The van der Waals surface area contributed by atoms with Crippen LogP contribution in [0.25, 0.3) is 9.88 Å². The molecule has 0 bridgehead atoms. The van der Waals surface area contributed by atoms with Crippen LogP contribution in [0, 0.1) is 5.92 Å². The molecular formula is C17H19ClN2O3S2. The summed E-state index contributed by atoms with van der Waals surface area (Å²) in [5, 5.41) is 15.0. The van der Waals surface area contributed by atoms with Gasteiger partial charge in [0.2, 0.25) is 5.91 Å². The number of rotatable bonds is 5. The van der Waals surface area contributed by atoms with Crippen molar-refractivity contribution in [3.63, 3.8) is 0 Å². The van der Waals surface area contributed by atoms with Crippen molar-refractivity contribution in [1.29, 1.82) is 0 Å². The lowest BCUT2D eigenvalue weighted by atomic mass is 9.95. The van der Waals surface area contributed by atoms with Gasteiger partial charge in [0.25, 0.3) is 0 Å². The zero-order chi connectivity index (χ0) is 17.8. The molecule has 25 heavy (non-hydrogen) atoms. The second-order valence-corrected chi connectivity index (χ2v) is 8.75. The lowest BCUT2D eigenvalue weighted by Crippen LogP contribution is -2.43. The fourth-order valence-corrected chi connectivity index (χ4v) is 5.06. The molecule has 0 aliphatic heterocycles. The van der Waals surface area contributed by atoms with Crippen molar-refractivity contribution < 1.29 is 14.7 Å². The van der Waals surface area contributed by atoms with E-state index in [0.717, 1.165) is 35.6 Å². The van der Waals surface area contributed by atoms with Crippen LogP contribution in [0.2, 0.25) is 4.34 Å². The van der Waals surface area contributed by atoms with E-state index in [1.807, 2.05) is 17.5 Å². The van der Waals surface area contributed by atoms with E-state index in [9.17, 15) is 14.7 Å². The monoisotopic (exact) mass is 398 g/mol. The molecule has 2 N–H and O–H groups in total. The minimum absolute atomic E-state index is 0.165. The van der Waals surface area contributed by atoms with E-state index in [1.54, 1.807) is 0 Å². The SMILES string of the molecule is O=C(Cc1csc(-c2ccc(Cl)s2)n1)N[C@H]1CCCCC[C@H]1C(=O)O. The highest BCUT2D eigenvalue weighted by Crippen LogP contribution is 2.33. The Kier molecular flexibility index (Phi) is 6.09. The summed E-state index contributed by atoms with van der Waals surface area (Å²) in [5.41, 5.74) is 0.697. The summed E-state index contributed by atoms with van der Waals surface area (Å²) in [4.78, 5) is 29.3. The van der Waals surface area contributed by atoms with Gasteiger partial charge < -0.3 is 10.4 Å². The van der Waals surface area contributed by atoms with Crippen LogP contribution >= 0.6 is 34.3 Å². The zero-order valence-electron chi connectivity index (χ0n) is 13.5. The molecular weight excluding hydrogens is 380 g/mol. The summed E-state index contributed by atoms with van der Waals surface area (Å²) in [6.07, 6.45) is 4.39. The number of hydrogen-bond donors (Lipinski definition) is 2. The molecule has 0 spiro atoms. The molecule has 0 aromatic carbocycles. The third-order valence-corrected chi connectivity index (χ3v) is 6.65. The molecule has 1 saturated carbocycles. The third kappa shape index (κ3) is 4.80. The third-order valence-electron chi connectivity index (χ3n) is 4.36. The number of amides is 1. The molecule has 3 rings (SSSR count). The van der Waals surface area contributed by atoms with Crippen LogP contribution in [-0.4, -0.2) is 28.0 Å². The van der Waals surface area contributed by atoms with Gasteiger partial charge in [-0.1, -0.05) is 30.9 Å². The van der Waals surface area contributed by atoms with Crippen LogP contribution in [0.15, 0.2) is 17.5 Å². The summed E-state index contributed by atoms with van der Waals surface area (Å²) < 4.78 is 0.706. The number of nitrogens with zero attached hydrogens (tertiary/aromatic N) is 1. The van der Waals surface area contributed by atoms with Crippen molar-refractivity contribution in [1.82, 2.24) is 10.3 Å². The van der Waals surface area contributed by atoms with Crippen molar-refractivity contribution in [2.24, 2.45) is 5.92 Å². The highest BCUT2D eigenvalue weighted by Gasteiger charge is 2.30. The standard InChI is InChI=1S/C17H19ClN2O3S2/c18-14-7-6-13(25-14)16-19-10(9-24-16)8-15(21)20-12-5-3-1-2-4-11(12)17(22)23/h6-7,9,11-12H,1-5,8H2,(H,20,21)(H,22,23)/t11-,12+/m1/s1. The van der Waals surface area contributed by atoms with Gasteiger partial charge >= 0.3 is 5.97 Å². The molecule has 2 atom stereocenters. The fraction of sp³-hybridized carbons (Fsp3) is 0.471. The number of aromatic nitrogens is 1. The van der Waals surface area contributed by atoms with Crippen molar-refractivity contribution >= 4 is 46.2 Å². The Balaban J connectivity index is 1.62. The van der Waals surface area contributed by atoms with Gasteiger partial charge in [0.15, 0.2) is 0 Å². The molecule has 5 nitrogen and oxygen atoms in total. The van der Waals surface area contributed by atoms with Crippen LogP contribution in [-0.2, 0) is 16.0 Å². The maximum absolute atomic E-state index is 12.4. The van der Waals surface area contributed by atoms with E-state index in [4.69, 9.17) is 11.6 Å². The average molecular weight is 399 g/mol. The number of carboxylic acids is 1. The van der Waals surface area contributed by atoms with Crippen LogP contribution in [0.1, 0.15) is 37.8 Å². The minimum Gasteiger partial charge on any atom is -0.481 e. The van der Waals surface area contributed by atoms with Gasteiger partial charge in [-0.25, -0.2) is 4.98 Å². The molecule has 0 unspecified atom stereocenters. The molecule has 2 aromatic heterocycles. The maximum atomic E-state index is 12.4. The van der Waals surface area contributed by atoms with E-state index in [1.165, 1.54) is 22.7 Å². The number of carboxylic acid groups (broad SMARTS) is 1. The highest BCUT2D eigenvalue weighted by molar-refractivity contribution is 7.23. The molecule has 2 aromatic rings. The van der Waals surface area contributed by atoms with Crippen LogP contribution in [0.5, 0.6) is 0 Å². The summed E-state index contributed by atoms with van der Waals surface area (Å²) in [5.74, 6) is -1.48. The second kappa shape index (κ2) is 8.29. The van der Waals surface area contributed by atoms with Gasteiger partial charge in [-0.05, 0) is 25.0 Å². The van der Waals surface area contributed by atoms with Crippen molar-refractivity contribution in [3.8, 4) is 9.88 Å².